The molecule has 15 nitrogen and oxygen atoms in total. The summed E-state index contributed by atoms with van der Waals surface area (Å²) in [5.74, 6) is 0.898. The summed E-state index contributed by atoms with van der Waals surface area (Å²) >= 11 is 0. The molecule has 17 heteroatoms. The van der Waals surface area contributed by atoms with Crippen molar-refractivity contribution in [2.24, 2.45) is 0 Å². The van der Waals surface area contributed by atoms with E-state index in [0.29, 0.717) is 71.1 Å². The Balaban J connectivity index is 1.28. The summed E-state index contributed by atoms with van der Waals surface area (Å²) in [5.41, 5.74) is 11.0. The number of ether oxygens (including phenoxy) is 3. The summed E-state index contributed by atoms with van der Waals surface area (Å²) in [4.78, 5) is 27.1. The van der Waals surface area contributed by atoms with Crippen LogP contribution in [0.15, 0.2) is 102 Å². The summed E-state index contributed by atoms with van der Waals surface area (Å²) in [6.07, 6.45) is 16.8. The van der Waals surface area contributed by atoms with E-state index in [4.69, 9.17) is 14.2 Å². The average Bonchev–Trinajstić information content (AvgIpc) is 3.79. The molecule has 0 atom stereocenters. The van der Waals surface area contributed by atoms with Gasteiger partial charge in [-0.15, -0.1) is 0 Å². The number of allylic oxidation sites excluding steroid dienone is 8. The van der Waals surface area contributed by atoms with Gasteiger partial charge in [0.2, 0.25) is 11.6 Å². The van der Waals surface area contributed by atoms with Crippen molar-refractivity contribution in [3.8, 4) is 11.5 Å². The molecule has 2 heterocycles. The number of hydrogen-bond acceptors (Lipinski definition) is 10. The predicted molar refractivity (Wildman–Crippen MR) is 293 cm³/mol. The third kappa shape index (κ3) is 16.6. The molecule has 1 aliphatic carbocycles. The highest BCUT2D eigenvalue weighted by Crippen LogP contribution is 2.49. The molecular formula is C57H77N4O11S2+. The van der Waals surface area contributed by atoms with Crippen LogP contribution in [0, 0.1) is 0 Å². The number of nitrogens with zero attached hydrogens (tertiary/aromatic N) is 2. The zero-order valence-electron chi connectivity index (χ0n) is 44.3. The van der Waals surface area contributed by atoms with Crippen molar-refractivity contribution in [3.63, 3.8) is 0 Å². The van der Waals surface area contributed by atoms with Crippen molar-refractivity contribution in [2.75, 3.05) is 56.8 Å². The minimum Gasteiger partial charge on any atom is -0.497 e. The van der Waals surface area contributed by atoms with Crippen LogP contribution >= 0.6 is 0 Å². The largest absolute Gasteiger partial charge is 0.497 e. The Hall–Kier alpha value is -5.75. The highest BCUT2D eigenvalue weighted by Gasteiger charge is 2.40. The number of aryl methyl sites for hydroxylation is 1. The number of alkyl carbamates (subject to hydrolysis) is 1. The first-order chi connectivity index (χ1) is 35.0. The molecule has 2 amide bonds. The summed E-state index contributed by atoms with van der Waals surface area (Å²) < 4.78 is 84.0. The molecule has 0 unspecified atom stereocenters. The molecule has 0 radical (unpaired) electrons. The molecule has 3 aromatic rings. The zero-order valence-corrected chi connectivity index (χ0v) is 45.9. The van der Waals surface area contributed by atoms with Gasteiger partial charge in [0, 0.05) is 67.0 Å². The Kier molecular flexibility index (Phi) is 19.9. The second-order valence-electron chi connectivity index (χ2n) is 20.8. The number of amides is 2. The number of unbranched alkanes of at least 4 members (excludes halogenated alkanes) is 4. The van der Waals surface area contributed by atoms with Crippen LogP contribution in [0.4, 0.5) is 16.2 Å². The summed E-state index contributed by atoms with van der Waals surface area (Å²) in [6, 6.07) is 20.6. The fourth-order valence-corrected chi connectivity index (χ4v) is 11.1. The SMILES string of the molecule is COc1ccc2c(c1)CC(/C=C/C1=C(c3ccc(CCC(=O)NCCCCCNC(=O)OC(C)(C)C)cc3)C(=C/C=C3/N(CCCCS(=O)(=O)O)c4ccc(OC)cc4C3(C)C)/CCC1)=[N+]2CCCCS(=O)(=O)O. The third-order valence-electron chi connectivity index (χ3n) is 13.6. The molecule has 74 heavy (non-hydrogen) atoms. The Labute approximate surface area is 439 Å². The van der Waals surface area contributed by atoms with Crippen molar-refractivity contribution in [1.29, 1.82) is 0 Å². The second kappa shape index (κ2) is 25.7. The maximum atomic E-state index is 12.9. The van der Waals surface area contributed by atoms with Gasteiger partial charge < -0.3 is 29.7 Å². The van der Waals surface area contributed by atoms with E-state index >= 15 is 0 Å². The molecule has 402 valence electrons. The van der Waals surface area contributed by atoms with E-state index in [1.807, 2.05) is 45.0 Å². The number of carbonyl (C=O) groups excluding carboxylic acids is 2. The fourth-order valence-electron chi connectivity index (χ4n) is 9.93. The Bertz CT molecular complexity index is 2880. The van der Waals surface area contributed by atoms with Gasteiger partial charge in [0.25, 0.3) is 20.2 Å². The second-order valence-corrected chi connectivity index (χ2v) is 24.0. The van der Waals surface area contributed by atoms with Crippen molar-refractivity contribution in [2.45, 2.75) is 129 Å². The number of hydrogen-bond donors (Lipinski definition) is 4. The molecule has 3 aromatic carbocycles. The number of benzene rings is 3. The molecular weight excluding hydrogens is 981 g/mol. The lowest BCUT2D eigenvalue weighted by atomic mass is 9.81. The van der Waals surface area contributed by atoms with Gasteiger partial charge in [-0.25, -0.2) is 4.79 Å². The number of methoxy groups -OCH3 is 2. The van der Waals surface area contributed by atoms with Crippen LogP contribution in [-0.2, 0) is 48.0 Å². The molecule has 0 aromatic heterocycles. The van der Waals surface area contributed by atoms with Gasteiger partial charge in [0.1, 0.15) is 23.6 Å². The standard InChI is InChI=1S/C57H76N4O11S2/c1-56(2,3)72-55(63)59-33-10-8-9-32-58-53(62)31-20-41-18-21-44(22-19-41)54-42(23-25-46-38-45-39-47(70-6)26-28-50(45)60(46)34-11-13-36-73(64,65)66)16-15-17-43(54)24-30-52-57(4,5)49-40-48(71-7)27-29-51(49)61(52)35-12-14-37-74(67,68)69/h18-19,21-30,39-40H,8-17,20,31-38H2,1-7H3,(H3-,58,59,62,63,64,65,66,67,68,69)/p+1. The quantitative estimate of drug-likeness (QED) is 0.0356. The number of rotatable bonds is 25. The first kappa shape index (κ1) is 57.5. The van der Waals surface area contributed by atoms with Gasteiger partial charge >= 0.3 is 6.09 Å². The summed E-state index contributed by atoms with van der Waals surface area (Å²) in [6.45, 7) is 12.1. The first-order valence-electron chi connectivity index (χ1n) is 25.9. The van der Waals surface area contributed by atoms with Gasteiger partial charge in [-0.3, -0.25) is 13.9 Å². The average molecular weight is 1060 g/mol. The van der Waals surface area contributed by atoms with E-state index < -0.39 is 37.3 Å². The molecule has 3 aliphatic rings. The van der Waals surface area contributed by atoms with E-state index in [-0.39, 0.29) is 17.4 Å². The van der Waals surface area contributed by atoms with Crippen molar-refractivity contribution in [1.82, 2.24) is 10.6 Å². The van der Waals surface area contributed by atoms with Gasteiger partial charge in [-0.05, 0) is 155 Å². The van der Waals surface area contributed by atoms with Gasteiger partial charge in [-0.1, -0.05) is 50.3 Å². The minimum absolute atomic E-state index is 0.0120. The Morgan fingerprint density at radius 2 is 1.45 bits per heavy atom. The monoisotopic (exact) mass is 1060 g/mol. The lowest BCUT2D eigenvalue weighted by Crippen LogP contribution is -2.33. The minimum atomic E-state index is -4.09. The normalized spacial score (nSPS) is 16.8. The molecule has 2 aliphatic heterocycles. The smallest absolute Gasteiger partial charge is 0.407 e. The van der Waals surface area contributed by atoms with E-state index in [9.17, 15) is 35.5 Å². The predicted octanol–water partition coefficient (Wildman–Crippen LogP) is 10.2. The third-order valence-corrected chi connectivity index (χ3v) is 15.3. The molecule has 0 fully saturated rings. The van der Waals surface area contributed by atoms with E-state index in [2.05, 4.69) is 94.7 Å². The van der Waals surface area contributed by atoms with E-state index in [1.165, 1.54) is 11.1 Å². The number of fused-ring (bicyclic) bond motifs is 2. The highest BCUT2D eigenvalue weighted by molar-refractivity contribution is 7.86. The molecule has 0 saturated carbocycles. The first-order valence-corrected chi connectivity index (χ1v) is 29.1. The van der Waals surface area contributed by atoms with Crippen LogP contribution in [0.1, 0.15) is 128 Å². The lowest BCUT2D eigenvalue weighted by molar-refractivity contribution is -0.437. The zero-order chi connectivity index (χ0) is 53.7. The Morgan fingerprint density at radius 3 is 2.12 bits per heavy atom. The number of carbonyl (C=O) groups is 2. The number of anilines is 1. The molecule has 6 rings (SSSR count). The highest BCUT2D eigenvalue weighted by atomic mass is 32.2. The molecule has 4 N–H and O–H groups in total. The van der Waals surface area contributed by atoms with Crippen molar-refractivity contribution < 1.29 is 54.3 Å². The van der Waals surface area contributed by atoms with E-state index in [0.717, 1.165) is 101 Å². The van der Waals surface area contributed by atoms with Crippen LogP contribution < -0.4 is 25.0 Å². The van der Waals surface area contributed by atoms with Gasteiger partial charge in [0.15, 0.2) is 5.71 Å². The molecule has 0 spiro atoms. The van der Waals surface area contributed by atoms with Crippen LogP contribution in [-0.4, -0.2) is 106 Å². The van der Waals surface area contributed by atoms with E-state index in [1.54, 1.807) is 14.2 Å². The van der Waals surface area contributed by atoms with Gasteiger partial charge in [-0.2, -0.15) is 21.4 Å². The van der Waals surface area contributed by atoms with Gasteiger partial charge in [0.05, 0.1) is 32.1 Å². The maximum absolute atomic E-state index is 12.9. The van der Waals surface area contributed by atoms with Crippen molar-refractivity contribution in [3.05, 3.63) is 124 Å². The topological polar surface area (TPSA) is 201 Å². The molecule has 0 saturated heterocycles. The fraction of sp³-hybridized carbons (Fsp3) is 0.491. The maximum Gasteiger partial charge on any atom is 0.407 e. The molecule has 0 bridgehead atoms. The van der Waals surface area contributed by atoms with Crippen LogP contribution in [0.5, 0.6) is 11.5 Å². The number of nitrogens with one attached hydrogen (secondary N) is 2. The van der Waals surface area contributed by atoms with Crippen LogP contribution in [0.3, 0.4) is 0 Å². The van der Waals surface area contributed by atoms with Crippen LogP contribution in [0.2, 0.25) is 0 Å². The van der Waals surface area contributed by atoms with Crippen molar-refractivity contribution >= 4 is 54.9 Å². The Morgan fingerprint density at radius 1 is 0.784 bits per heavy atom. The van der Waals surface area contributed by atoms with Crippen LogP contribution in [0.25, 0.3) is 5.57 Å². The summed E-state index contributed by atoms with van der Waals surface area (Å²) in [7, 11) is -4.86. The summed E-state index contributed by atoms with van der Waals surface area (Å²) in [5, 5.41) is 5.81. The lowest BCUT2D eigenvalue weighted by Gasteiger charge is -2.28.